The van der Waals surface area contributed by atoms with Crippen LogP contribution >= 0.6 is 0 Å². The van der Waals surface area contributed by atoms with Crippen molar-refractivity contribution < 1.29 is 4.79 Å². The number of nitrogens with two attached hydrogens (primary N) is 2. The molecule has 1 amide bonds. The summed E-state index contributed by atoms with van der Waals surface area (Å²) in [5, 5.41) is 0. The molecule has 1 heterocycles. The summed E-state index contributed by atoms with van der Waals surface area (Å²) >= 11 is 0. The molecule has 1 rings (SSSR count). The van der Waals surface area contributed by atoms with Crippen LogP contribution in [0.25, 0.3) is 0 Å². The molecule has 2 unspecified atom stereocenters. The van der Waals surface area contributed by atoms with Gasteiger partial charge in [0.1, 0.15) is 0 Å². The summed E-state index contributed by atoms with van der Waals surface area (Å²) in [6, 6.07) is 0.164. The minimum absolute atomic E-state index is 0.399. The van der Waals surface area contributed by atoms with E-state index in [-0.39, 0.29) is 0 Å². The third-order valence-corrected chi connectivity index (χ3v) is 3.70. The zero-order valence-corrected chi connectivity index (χ0v) is 11.1. The summed E-state index contributed by atoms with van der Waals surface area (Å²) in [5.74, 6) is -0.399. The lowest BCUT2D eigenvalue weighted by Gasteiger charge is -2.26. The lowest BCUT2D eigenvalue weighted by Crippen LogP contribution is -2.40. The SMILES string of the molecule is CCN(CC)C1CCN(CCC(N)C(N)=O)C1. The van der Waals surface area contributed by atoms with Crippen LogP contribution in [0, 0.1) is 0 Å². The van der Waals surface area contributed by atoms with Crippen molar-refractivity contribution in [3.8, 4) is 0 Å². The molecule has 0 aromatic rings. The Morgan fingerprint density at radius 2 is 2.12 bits per heavy atom. The Bertz CT molecular complexity index is 243. The Morgan fingerprint density at radius 3 is 2.65 bits per heavy atom. The maximum Gasteiger partial charge on any atom is 0.234 e. The number of carbonyl (C=O) groups excluding carboxylic acids is 1. The Labute approximate surface area is 104 Å². The van der Waals surface area contributed by atoms with Crippen LogP contribution in [0.2, 0.25) is 0 Å². The molecule has 1 fully saturated rings. The van der Waals surface area contributed by atoms with Gasteiger partial charge in [-0.2, -0.15) is 0 Å². The molecule has 0 aromatic carbocycles. The van der Waals surface area contributed by atoms with E-state index >= 15 is 0 Å². The molecule has 17 heavy (non-hydrogen) atoms. The van der Waals surface area contributed by atoms with Gasteiger partial charge in [-0.05, 0) is 32.5 Å². The first-order chi connectivity index (χ1) is 8.08. The van der Waals surface area contributed by atoms with E-state index in [0.29, 0.717) is 12.5 Å². The fraction of sp³-hybridized carbons (Fsp3) is 0.917. The van der Waals surface area contributed by atoms with E-state index in [1.165, 1.54) is 6.42 Å². The lowest BCUT2D eigenvalue weighted by atomic mass is 10.2. The van der Waals surface area contributed by atoms with Crippen LogP contribution in [0.15, 0.2) is 0 Å². The van der Waals surface area contributed by atoms with Crippen molar-refractivity contribution >= 4 is 5.91 Å². The summed E-state index contributed by atoms with van der Waals surface area (Å²) in [4.78, 5) is 15.7. The molecule has 5 heteroatoms. The average molecular weight is 242 g/mol. The molecule has 4 N–H and O–H groups in total. The van der Waals surface area contributed by atoms with Crippen molar-refractivity contribution in [2.75, 3.05) is 32.7 Å². The van der Waals surface area contributed by atoms with Crippen LogP contribution in [0.5, 0.6) is 0 Å². The minimum Gasteiger partial charge on any atom is -0.368 e. The van der Waals surface area contributed by atoms with Crippen molar-refractivity contribution in [2.45, 2.75) is 38.8 Å². The lowest BCUT2D eigenvalue weighted by molar-refractivity contribution is -0.119. The van der Waals surface area contributed by atoms with E-state index in [1.807, 2.05) is 0 Å². The largest absolute Gasteiger partial charge is 0.368 e. The van der Waals surface area contributed by atoms with Gasteiger partial charge in [0, 0.05) is 19.1 Å². The van der Waals surface area contributed by atoms with Crippen molar-refractivity contribution in [3.63, 3.8) is 0 Å². The summed E-state index contributed by atoms with van der Waals surface area (Å²) in [6.45, 7) is 9.69. The van der Waals surface area contributed by atoms with E-state index in [2.05, 4.69) is 23.6 Å². The predicted octanol–water partition coefficient (Wildman–Crippen LogP) is -0.395. The molecule has 100 valence electrons. The number of nitrogens with zero attached hydrogens (tertiary/aromatic N) is 2. The van der Waals surface area contributed by atoms with Crippen molar-refractivity contribution in [1.29, 1.82) is 0 Å². The minimum atomic E-state index is -0.498. The average Bonchev–Trinajstić information content (AvgIpc) is 2.76. The highest BCUT2D eigenvalue weighted by Crippen LogP contribution is 2.15. The Balaban J connectivity index is 2.28. The van der Waals surface area contributed by atoms with Crippen LogP contribution in [0.4, 0.5) is 0 Å². The molecule has 0 bridgehead atoms. The molecule has 0 saturated carbocycles. The second kappa shape index (κ2) is 6.93. The molecular formula is C12H26N4O. The van der Waals surface area contributed by atoms with Crippen LogP contribution < -0.4 is 11.5 Å². The summed E-state index contributed by atoms with van der Waals surface area (Å²) in [5.41, 5.74) is 10.8. The van der Waals surface area contributed by atoms with E-state index in [0.717, 1.165) is 32.7 Å². The summed E-state index contributed by atoms with van der Waals surface area (Å²) in [6.07, 6.45) is 1.88. The fourth-order valence-electron chi connectivity index (χ4n) is 2.52. The zero-order chi connectivity index (χ0) is 12.8. The number of rotatable bonds is 7. The molecule has 1 aliphatic rings. The third kappa shape index (κ3) is 4.26. The zero-order valence-electron chi connectivity index (χ0n) is 11.1. The number of likely N-dealkylation sites (tertiary alicyclic amines) is 1. The van der Waals surface area contributed by atoms with Crippen LogP contribution in [0.3, 0.4) is 0 Å². The molecule has 0 spiro atoms. The fourth-order valence-corrected chi connectivity index (χ4v) is 2.52. The molecule has 5 nitrogen and oxygen atoms in total. The Kier molecular flexibility index (Phi) is 5.88. The second-order valence-electron chi connectivity index (χ2n) is 4.76. The van der Waals surface area contributed by atoms with Gasteiger partial charge in [0.25, 0.3) is 0 Å². The molecule has 0 aromatic heterocycles. The second-order valence-corrected chi connectivity index (χ2v) is 4.76. The van der Waals surface area contributed by atoms with E-state index in [4.69, 9.17) is 11.5 Å². The van der Waals surface area contributed by atoms with Gasteiger partial charge in [0.2, 0.25) is 5.91 Å². The van der Waals surface area contributed by atoms with E-state index < -0.39 is 11.9 Å². The first-order valence-corrected chi connectivity index (χ1v) is 6.59. The molecule has 2 atom stereocenters. The molecule has 0 aliphatic carbocycles. The highest BCUT2D eigenvalue weighted by molar-refractivity contribution is 5.79. The van der Waals surface area contributed by atoms with Crippen LogP contribution in [-0.4, -0.2) is 60.5 Å². The number of carbonyl (C=O) groups is 1. The predicted molar refractivity (Wildman–Crippen MR) is 69.6 cm³/mol. The third-order valence-electron chi connectivity index (χ3n) is 3.70. The van der Waals surface area contributed by atoms with Gasteiger partial charge in [0.05, 0.1) is 6.04 Å². The molecule has 0 radical (unpaired) electrons. The molecule has 1 saturated heterocycles. The molecular weight excluding hydrogens is 216 g/mol. The Hall–Kier alpha value is -0.650. The topological polar surface area (TPSA) is 75.6 Å². The van der Waals surface area contributed by atoms with Crippen molar-refractivity contribution in [1.82, 2.24) is 9.80 Å². The quantitative estimate of drug-likeness (QED) is 0.637. The van der Waals surface area contributed by atoms with Crippen molar-refractivity contribution in [2.24, 2.45) is 11.5 Å². The number of likely N-dealkylation sites (N-methyl/N-ethyl adjacent to an activating group) is 1. The van der Waals surface area contributed by atoms with E-state index in [1.54, 1.807) is 0 Å². The normalized spacial score (nSPS) is 23.2. The smallest absolute Gasteiger partial charge is 0.234 e. The Morgan fingerprint density at radius 1 is 1.47 bits per heavy atom. The number of hydrogen-bond acceptors (Lipinski definition) is 4. The van der Waals surface area contributed by atoms with Gasteiger partial charge in [-0.3, -0.25) is 9.69 Å². The highest BCUT2D eigenvalue weighted by atomic mass is 16.1. The maximum atomic E-state index is 10.8. The van der Waals surface area contributed by atoms with Gasteiger partial charge < -0.3 is 16.4 Å². The standard InChI is InChI=1S/C12H26N4O/c1-3-16(4-2)10-5-7-15(9-10)8-6-11(13)12(14)17/h10-11H,3-9,13H2,1-2H3,(H2,14,17). The first kappa shape index (κ1) is 14.4. The van der Waals surface area contributed by atoms with Gasteiger partial charge in [0.15, 0.2) is 0 Å². The van der Waals surface area contributed by atoms with Gasteiger partial charge >= 0.3 is 0 Å². The van der Waals surface area contributed by atoms with Crippen LogP contribution in [-0.2, 0) is 4.79 Å². The number of primary amides is 1. The summed E-state index contributed by atoms with van der Waals surface area (Å²) < 4.78 is 0. The monoisotopic (exact) mass is 242 g/mol. The van der Waals surface area contributed by atoms with E-state index in [9.17, 15) is 4.79 Å². The molecule has 1 aliphatic heterocycles. The number of amides is 1. The van der Waals surface area contributed by atoms with Crippen LogP contribution in [0.1, 0.15) is 26.7 Å². The van der Waals surface area contributed by atoms with Crippen molar-refractivity contribution in [3.05, 3.63) is 0 Å². The first-order valence-electron chi connectivity index (χ1n) is 6.59. The highest BCUT2D eigenvalue weighted by Gasteiger charge is 2.26. The number of hydrogen-bond donors (Lipinski definition) is 2. The summed E-state index contributed by atoms with van der Waals surface area (Å²) in [7, 11) is 0. The maximum absolute atomic E-state index is 10.8. The van der Waals surface area contributed by atoms with Gasteiger partial charge in [-0.1, -0.05) is 13.8 Å². The van der Waals surface area contributed by atoms with Gasteiger partial charge in [-0.25, -0.2) is 0 Å². The van der Waals surface area contributed by atoms with Gasteiger partial charge in [-0.15, -0.1) is 0 Å².